The molecular weight excluding hydrogens is 382 g/mol. The molecule has 3 N–H and O–H groups in total. The summed E-state index contributed by atoms with van der Waals surface area (Å²) in [6.45, 7) is 7.11. The van der Waals surface area contributed by atoms with E-state index in [1.807, 2.05) is 32.2 Å². The zero-order chi connectivity index (χ0) is 19.9. The van der Waals surface area contributed by atoms with Gasteiger partial charge < -0.3 is 10.6 Å². The number of sulfonamides is 1. The van der Waals surface area contributed by atoms with Gasteiger partial charge in [0.05, 0.1) is 9.90 Å². The van der Waals surface area contributed by atoms with E-state index in [-0.39, 0.29) is 6.54 Å². The molecule has 27 heavy (non-hydrogen) atoms. The summed E-state index contributed by atoms with van der Waals surface area (Å²) in [6, 6.07) is 5.41. The molecule has 0 unspecified atom stereocenters. The molecule has 9 heteroatoms. The van der Waals surface area contributed by atoms with Gasteiger partial charge in [0.1, 0.15) is 0 Å². The predicted molar refractivity (Wildman–Crippen MR) is 111 cm³/mol. The van der Waals surface area contributed by atoms with Crippen LogP contribution in [-0.4, -0.2) is 46.0 Å². The lowest BCUT2D eigenvalue weighted by Gasteiger charge is -2.13. The molecule has 0 aliphatic carbocycles. The number of aromatic nitrogens is 1. The molecule has 0 fully saturated rings. The molecule has 0 radical (unpaired) electrons. The van der Waals surface area contributed by atoms with Gasteiger partial charge in [-0.25, -0.2) is 18.1 Å². The third-order valence-corrected chi connectivity index (χ3v) is 6.44. The highest BCUT2D eigenvalue weighted by atomic mass is 32.2. The number of benzene rings is 1. The first kappa shape index (κ1) is 21.3. The van der Waals surface area contributed by atoms with E-state index < -0.39 is 10.0 Å². The molecule has 0 bridgehead atoms. The molecule has 0 spiro atoms. The standard InChI is InChI=1S/C18H27N5O2S2/c1-13-5-6-14(2)16(11-13)27(24,25)23-10-9-21-18(19-4)20-8-7-17-22-12-15(3)26-17/h5-6,11-12,23H,7-10H2,1-4H3,(H2,19,20,21). The van der Waals surface area contributed by atoms with Crippen molar-refractivity contribution in [2.24, 2.45) is 4.99 Å². The van der Waals surface area contributed by atoms with Crippen LogP contribution in [0.2, 0.25) is 0 Å². The molecule has 7 nitrogen and oxygen atoms in total. The predicted octanol–water partition coefficient (Wildman–Crippen LogP) is 1.75. The summed E-state index contributed by atoms with van der Waals surface area (Å²) in [5, 5.41) is 7.39. The van der Waals surface area contributed by atoms with Crippen LogP contribution in [0.1, 0.15) is 21.0 Å². The van der Waals surface area contributed by atoms with Crippen molar-refractivity contribution < 1.29 is 8.42 Å². The Bertz CT molecular complexity index is 891. The van der Waals surface area contributed by atoms with Crippen LogP contribution in [-0.2, 0) is 16.4 Å². The highest BCUT2D eigenvalue weighted by Crippen LogP contribution is 2.16. The minimum atomic E-state index is -3.53. The highest BCUT2D eigenvalue weighted by molar-refractivity contribution is 7.89. The Kier molecular flexibility index (Phi) is 7.76. The van der Waals surface area contributed by atoms with E-state index in [1.54, 1.807) is 31.4 Å². The molecule has 2 rings (SSSR count). The Morgan fingerprint density at radius 2 is 1.89 bits per heavy atom. The van der Waals surface area contributed by atoms with Crippen LogP contribution in [0.4, 0.5) is 0 Å². The second kappa shape index (κ2) is 9.82. The van der Waals surface area contributed by atoms with Gasteiger partial charge in [0.15, 0.2) is 5.96 Å². The Morgan fingerprint density at radius 3 is 2.56 bits per heavy atom. The highest BCUT2D eigenvalue weighted by Gasteiger charge is 2.16. The van der Waals surface area contributed by atoms with Crippen molar-refractivity contribution in [1.29, 1.82) is 0 Å². The van der Waals surface area contributed by atoms with Gasteiger partial charge in [-0.15, -0.1) is 11.3 Å². The Hall–Kier alpha value is -1.97. The monoisotopic (exact) mass is 409 g/mol. The van der Waals surface area contributed by atoms with E-state index >= 15 is 0 Å². The SMILES string of the molecule is CN=C(NCCNS(=O)(=O)c1cc(C)ccc1C)NCCc1ncc(C)s1. The van der Waals surface area contributed by atoms with Crippen molar-refractivity contribution in [2.75, 3.05) is 26.7 Å². The van der Waals surface area contributed by atoms with Crippen LogP contribution in [0.25, 0.3) is 0 Å². The van der Waals surface area contributed by atoms with Crippen LogP contribution >= 0.6 is 11.3 Å². The minimum Gasteiger partial charge on any atom is -0.356 e. The quantitative estimate of drug-likeness (QED) is 0.351. The Morgan fingerprint density at radius 1 is 1.15 bits per heavy atom. The number of aliphatic imine (C=N–C) groups is 1. The smallest absolute Gasteiger partial charge is 0.240 e. The van der Waals surface area contributed by atoms with Crippen molar-refractivity contribution in [3.8, 4) is 0 Å². The molecule has 0 saturated heterocycles. The summed E-state index contributed by atoms with van der Waals surface area (Å²) in [5.74, 6) is 0.634. The lowest BCUT2D eigenvalue weighted by atomic mass is 10.2. The number of aryl methyl sites for hydroxylation is 3. The molecular formula is C18H27N5O2S2. The molecule has 1 heterocycles. The summed E-state index contributed by atoms with van der Waals surface area (Å²) in [5.41, 5.74) is 1.65. The molecule has 1 aromatic heterocycles. The van der Waals surface area contributed by atoms with Gasteiger partial charge in [0.2, 0.25) is 10.0 Å². The van der Waals surface area contributed by atoms with Crippen LogP contribution in [0.5, 0.6) is 0 Å². The van der Waals surface area contributed by atoms with Crippen molar-refractivity contribution in [3.63, 3.8) is 0 Å². The molecule has 148 valence electrons. The Balaban J connectivity index is 1.76. The Labute approximate surface area is 165 Å². The molecule has 2 aromatic rings. The third-order valence-electron chi connectivity index (χ3n) is 3.87. The van der Waals surface area contributed by atoms with Gasteiger partial charge in [-0.2, -0.15) is 0 Å². The minimum absolute atomic E-state index is 0.266. The van der Waals surface area contributed by atoms with E-state index in [0.717, 1.165) is 22.6 Å². The number of hydrogen-bond donors (Lipinski definition) is 3. The average molecular weight is 410 g/mol. The van der Waals surface area contributed by atoms with Crippen molar-refractivity contribution in [2.45, 2.75) is 32.1 Å². The lowest BCUT2D eigenvalue weighted by molar-refractivity contribution is 0.580. The van der Waals surface area contributed by atoms with E-state index in [9.17, 15) is 8.42 Å². The van der Waals surface area contributed by atoms with Crippen molar-refractivity contribution >= 4 is 27.3 Å². The van der Waals surface area contributed by atoms with E-state index in [4.69, 9.17) is 0 Å². The average Bonchev–Trinajstić information content (AvgIpc) is 3.04. The zero-order valence-corrected chi connectivity index (χ0v) is 17.8. The molecule has 0 aliphatic heterocycles. The van der Waals surface area contributed by atoms with Gasteiger partial charge in [-0.05, 0) is 38.0 Å². The zero-order valence-electron chi connectivity index (χ0n) is 16.2. The molecule has 0 aliphatic rings. The number of guanidine groups is 1. The van der Waals surface area contributed by atoms with Gasteiger partial charge in [0, 0.05) is 44.2 Å². The fraction of sp³-hybridized carbons (Fsp3) is 0.444. The van der Waals surface area contributed by atoms with Crippen LogP contribution in [0.15, 0.2) is 34.3 Å². The van der Waals surface area contributed by atoms with Gasteiger partial charge in [0.25, 0.3) is 0 Å². The summed E-state index contributed by atoms with van der Waals surface area (Å²) in [6.07, 6.45) is 2.69. The van der Waals surface area contributed by atoms with Crippen LogP contribution in [0, 0.1) is 20.8 Å². The third kappa shape index (κ3) is 6.60. The number of nitrogens with zero attached hydrogens (tertiary/aromatic N) is 2. The number of hydrogen-bond acceptors (Lipinski definition) is 5. The summed E-state index contributed by atoms with van der Waals surface area (Å²) in [7, 11) is -1.84. The fourth-order valence-electron chi connectivity index (χ4n) is 2.47. The van der Waals surface area contributed by atoms with Crippen molar-refractivity contribution in [3.05, 3.63) is 45.4 Å². The van der Waals surface area contributed by atoms with E-state index in [0.29, 0.717) is 23.9 Å². The topological polar surface area (TPSA) is 95.5 Å². The summed E-state index contributed by atoms with van der Waals surface area (Å²) < 4.78 is 27.5. The normalized spacial score (nSPS) is 12.2. The first-order chi connectivity index (χ1) is 12.8. The maximum atomic E-state index is 12.5. The van der Waals surface area contributed by atoms with Gasteiger partial charge in [-0.3, -0.25) is 4.99 Å². The second-order valence-electron chi connectivity index (χ2n) is 6.21. The van der Waals surface area contributed by atoms with Crippen LogP contribution in [0.3, 0.4) is 0 Å². The molecule has 0 amide bonds. The number of nitrogens with one attached hydrogen (secondary N) is 3. The van der Waals surface area contributed by atoms with Crippen molar-refractivity contribution in [1.82, 2.24) is 20.3 Å². The summed E-state index contributed by atoms with van der Waals surface area (Å²) >= 11 is 1.68. The first-order valence-corrected chi connectivity index (χ1v) is 11.0. The molecule has 0 atom stereocenters. The molecule has 1 aromatic carbocycles. The second-order valence-corrected chi connectivity index (χ2v) is 9.26. The largest absolute Gasteiger partial charge is 0.356 e. The van der Waals surface area contributed by atoms with E-state index in [2.05, 4.69) is 25.3 Å². The van der Waals surface area contributed by atoms with Gasteiger partial charge >= 0.3 is 0 Å². The maximum absolute atomic E-state index is 12.5. The fourth-order valence-corrected chi connectivity index (χ4v) is 4.61. The number of thiazole rings is 1. The molecule has 0 saturated carbocycles. The lowest BCUT2D eigenvalue weighted by Crippen LogP contribution is -2.42. The van der Waals surface area contributed by atoms with Crippen LogP contribution < -0.4 is 15.4 Å². The first-order valence-electron chi connectivity index (χ1n) is 8.74. The number of rotatable bonds is 8. The summed E-state index contributed by atoms with van der Waals surface area (Å²) in [4.78, 5) is 9.99. The van der Waals surface area contributed by atoms with E-state index in [1.165, 1.54) is 4.88 Å². The maximum Gasteiger partial charge on any atom is 0.240 e. The van der Waals surface area contributed by atoms with Gasteiger partial charge in [-0.1, -0.05) is 12.1 Å².